The molecule has 2 N–H and O–H groups in total. The van der Waals surface area contributed by atoms with Crippen LogP contribution in [0.15, 0.2) is 17.5 Å². The van der Waals surface area contributed by atoms with Crippen molar-refractivity contribution in [3.63, 3.8) is 0 Å². The Morgan fingerprint density at radius 1 is 1.53 bits per heavy atom. The molecule has 0 bridgehead atoms. The Kier molecular flexibility index (Phi) is 6.31. The van der Waals surface area contributed by atoms with Crippen molar-refractivity contribution in [3.05, 3.63) is 22.4 Å². The highest BCUT2D eigenvalue weighted by molar-refractivity contribution is 7.10. The van der Waals surface area contributed by atoms with Crippen LogP contribution in [-0.4, -0.2) is 42.3 Å². The molecule has 2 unspecified atom stereocenters. The van der Waals surface area contributed by atoms with Gasteiger partial charge in [0.2, 0.25) is 0 Å². The quantitative estimate of drug-likeness (QED) is 0.720. The number of aliphatic hydroxyl groups is 1. The van der Waals surface area contributed by atoms with E-state index >= 15 is 0 Å². The molecule has 0 aliphatic carbocycles. The van der Waals surface area contributed by atoms with Crippen molar-refractivity contribution in [2.45, 2.75) is 44.7 Å². The topological polar surface area (TPSA) is 35.5 Å². The summed E-state index contributed by atoms with van der Waals surface area (Å²) in [7, 11) is 0. The predicted molar refractivity (Wildman–Crippen MR) is 81.7 cm³/mol. The van der Waals surface area contributed by atoms with Gasteiger partial charge in [0.15, 0.2) is 0 Å². The van der Waals surface area contributed by atoms with Gasteiger partial charge in [-0.3, -0.25) is 4.90 Å². The van der Waals surface area contributed by atoms with E-state index in [2.05, 4.69) is 34.7 Å². The molecule has 2 atom stereocenters. The maximum Gasteiger partial charge on any atom is 0.0586 e. The molecule has 108 valence electrons. The van der Waals surface area contributed by atoms with Gasteiger partial charge < -0.3 is 10.4 Å². The molecule has 2 rings (SSSR count). The van der Waals surface area contributed by atoms with Gasteiger partial charge in [0, 0.05) is 17.0 Å². The summed E-state index contributed by atoms with van der Waals surface area (Å²) in [6.07, 6.45) is 4.86. The zero-order valence-corrected chi connectivity index (χ0v) is 12.7. The average Bonchev–Trinajstić information content (AvgIpc) is 3.09. The van der Waals surface area contributed by atoms with E-state index in [0.717, 1.165) is 13.1 Å². The Morgan fingerprint density at radius 3 is 3.16 bits per heavy atom. The third-order valence-corrected chi connectivity index (χ3v) is 5.06. The smallest absolute Gasteiger partial charge is 0.0586 e. The number of nitrogens with zero attached hydrogens (tertiary/aromatic N) is 1. The second kappa shape index (κ2) is 8.00. The molecular weight excluding hydrogens is 256 g/mol. The first-order chi connectivity index (χ1) is 9.31. The molecule has 1 saturated heterocycles. The van der Waals surface area contributed by atoms with Crippen molar-refractivity contribution < 1.29 is 5.11 Å². The van der Waals surface area contributed by atoms with E-state index in [1.807, 2.05) is 11.3 Å². The van der Waals surface area contributed by atoms with Crippen LogP contribution in [0, 0.1) is 0 Å². The number of thiophene rings is 1. The lowest BCUT2D eigenvalue weighted by atomic mass is 10.2. The largest absolute Gasteiger partial charge is 0.395 e. The fraction of sp³-hybridized carbons (Fsp3) is 0.733. The van der Waals surface area contributed by atoms with Crippen molar-refractivity contribution in [2.24, 2.45) is 0 Å². The van der Waals surface area contributed by atoms with Crippen LogP contribution in [0.2, 0.25) is 0 Å². The molecule has 1 fully saturated rings. The van der Waals surface area contributed by atoms with Crippen LogP contribution in [0.25, 0.3) is 0 Å². The van der Waals surface area contributed by atoms with Crippen molar-refractivity contribution in [1.82, 2.24) is 10.2 Å². The minimum Gasteiger partial charge on any atom is -0.395 e. The fourth-order valence-corrected chi connectivity index (χ4v) is 3.55. The van der Waals surface area contributed by atoms with E-state index in [1.165, 1.54) is 37.1 Å². The molecule has 0 aromatic carbocycles. The third kappa shape index (κ3) is 4.56. The van der Waals surface area contributed by atoms with Gasteiger partial charge >= 0.3 is 0 Å². The summed E-state index contributed by atoms with van der Waals surface area (Å²) >= 11 is 1.82. The van der Waals surface area contributed by atoms with E-state index in [-0.39, 0.29) is 0 Å². The van der Waals surface area contributed by atoms with Crippen molar-refractivity contribution >= 4 is 11.3 Å². The molecule has 4 heteroatoms. The van der Waals surface area contributed by atoms with Crippen LogP contribution >= 0.6 is 11.3 Å². The molecule has 0 spiro atoms. The summed E-state index contributed by atoms with van der Waals surface area (Å²) in [6, 6.07) is 5.20. The van der Waals surface area contributed by atoms with Crippen molar-refractivity contribution in [2.75, 3.05) is 26.2 Å². The standard InChI is InChI=1S/C15H26N2OS/c1-13(15-7-5-11-19-15)16-8-2-3-9-17-10-4-6-14(17)12-18/h5,7,11,13-14,16,18H,2-4,6,8-10,12H2,1H3. The minimum absolute atomic E-state index is 0.327. The molecule has 1 aromatic rings. The third-order valence-electron chi connectivity index (χ3n) is 4.00. The highest BCUT2D eigenvalue weighted by Gasteiger charge is 2.22. The molecule has 2 heterocycles. The van der Waals surface area contributed by atoms with Crippen LogP contribution in [0.1, 0.15) is 43.5 Å². The number of hydrogen-bond acceptors (Lipinski definition) is 4. The van der Waals surface area contributed by atoms with Crippen LogP contribution in [0.5, 0.6) is 0 Å². The first-order valence-corrected chi connectivity index (χ1v) is 8.31. The number of likely N-dealkylation sites (tertiary alicyclic amines) is 1. The molecule has 0 saturated carbocycles. The number of aliphatic hydroxyl groups excluding tert-OH is 1. The van der Waals surface area contributed by atoms with Gasteiger partial charge in [0.1, 0.15) is 0 Å². The van der Waals surface area contributed by atoms with Crippen LogP contribution in [0.4, 0.5) is 0 Å². The second-order valence-electron chi connectivity index (χ2n) is 5.41. The number of nitrogens with one attached hydrogen (secondary N) is 1. The van der Waals surface area contributed by atoms with Gasteiger partial charge in [0.25, 0.3) is 0 Å². The molecule has 1 aromatic heterocycles. The summed E-state index contributed by atoms with van der Waals surface area (Å²) in [4.78, 5) is 3.86. The normalized spacial score (nSPS) is 21.9. The van der Waals surface area contributed by atoms with Gasteiger partial charge in [-0.15, -0.1) is 11.3 Å². The highest BCUT2D eigenvalue weighted by Crippen LogP contribution is 2.18. The van der Waals surface area contributed by atoms with Crippen molar-refractivity contribution in [3.8, 4) is 0 Å². The summed E-state index contributed by atoms with van der Waals surface area (Å²) in [5.74, 6) is 0. The number of rotatable bonds is 8. The molecule has 19 heavy (non-hydrogen) atoms. The van der Waals surface area contributed by atoms with Gasteiger partial charge in [0.05, 0.1) is 6.61 Å². The van der Waals surface area contributed by atoms with E-state index in [9.17, 15) is 5.11 Å². The first-order valence-electron chi connectivity index (χ1n) is 7.43. The van der Waals surface area contributed by atoms with E-state index in [0.29, 0.717) is 18.7 Å². The Bertz CT molecular complexity index is 342. The van der Waals surface area contributed by atoms with Crippen LogP contribution in [-0.2, 0) is 0 Å². The summed E-state index contributed by atoms with van der Waals surface area (Å²) < 4.78 is 0. The van der Waals surface area contributed by atoms with Gasteiger partial charge in [-0.1, -0.05) is 6.07 Å². The number of hydrogen-bond donors (Lipinski definition) is 2. The summed E-state index contributed by atoms with van der Waals surface area (Å²) in [5, 5.41) is 15.0. The average molecular weight is 282 g/mol. The lowest BCUT2D eigenvalue weighted by molar-refractivity contribution is 0.157. The lowest BCUT2D eigenvalue weighted by Crippen LogP contribution is -2.33. The molecular formula is C15H26N2OS. The van der Waals surface area contributed by atoms with Crippen LogP contribution in [0.3, 0.4) is 0 Å². The first kappa shape index (κ1) is 15.0. The van der Waals surface area contributed by atoms with E-state index in [1.54, 1.807) is 0 Å². The number of unbranched alkanes of at least 4 members (excludes halogenated alkanes) is 1. The molecule has 0 amide bonds. The zero-order valence-electron chi connectivity index (χ0n) is 11.8. The Labute approximate surface area is 120 Å². The van der Waals surface area contributed by atoms with Gasteiger partial charge in [-0.25, -0.2) is 0 Å². The fourth-order valence-electron chi connectivity index (χ4n) is 2.79. The van der Waals surface area contributed by atoms with Crippen LogP contribution < -0.4 is 5.32 Å². The summed E-state index contributed by atoms with van der Waals surface area (Å²) in [5.41, 5.74) is 0. The SMILES string of the molecule is CC(NCCCCN1CCCC1CO)c1cccs1. The maximum absolute atomic E-state index is 9.26. The maximum atomic E-state index is 9.26. The Balaban J connectivity index is 1.55. The summed E-state index contributed by atoms with van der Waals surface area (Å²) in [6.45, 7) is 5.95. The molecule has 1 aliphatic heterocycles. The Hall–Kier alpha value is -0.420. The lowest BCUT2D eigenvalue weighted by Gasteiger charge is -2.22. The van der Waals surface area contributed by atoms with E-state index in [4.69, 9.17) is 0 Å². The molecule has 3 nitrogen and oxygen atoms in total. The zero-order chi connectivity index (χ0) is 13.5. The molecule has 0 radical (unpaired) electrons. The highest BCUT2D eigenvalue weighted by atomic mass is 32.1. The second-order valence-corrected chi connectivity index (χ2v) is 6.39. The van der Waals surface area contributed by atoms with Crippen molar-refractivity contribution in [1.29, 1.82) is 0 Å². The minimum atomic E-state index is 0.327. The van der Waals surface area contributed by atoms with Gasteiger partial charge in [-0.2, -0.15) is 0 Å². The predicted octanol–water partition coefficient (Wildman–Crippen LogP) is 2.64. The van der Waals surface area contributed by atoms with E-state index < -0.39 is 0 Å². The monoisotopic (exact) mass is 282 g/mol. The Morgan fingerprint density at radius 2 is 2.42 bits per heavy atom. The molecule has 1 aliphatic rings. The van der Waals surface area contributed by atoms with Gasteiger partial charge in [-0.05, 0) is 63.7 Å².